The van der Waals surface area contributed by atoms with Crippen LogP contribution in [0, 0.1) is 0 Å². The van der Waals surface area contributed by atoms with Gasteiger partial charge in [0.2, 0.25) is 0 Å². The van der Waals surface area contributed by atoms with Crippen molar-refractivity contribution in [1.29, 1.82) is 0 Å². The van der Waals surface area contributed by atoms with Crippen LogP contribution in [0.3, 0.4) is 0 Å². The van der Waals surface area contributed by atoms with Gasteiger partial charge in [-0.05, 0) is 18.2 Å². The van der Waals surface area contributed by atoms with Crippen LogP contribution in [0.2, 0.25) is 25.7 Å². The van der Waals surface area contributed by atoms with Crippen molar-refractivity contribution in [2.45, 2.75) is 38.2 Å². The summed E-state index contributed by atoms with van der Waals surface area (Å²) in [5.74, 6) is 0. The summed E-state index contributed by atoms with van der Waals surface area (Å²) >= 11 is 0. The van der Waals surface area contributed by atoms with Gasteiger partial charge >= 0.3 is 14.0 Å². The zero-order valence-corrected chi connectivity index (χ0v) is 14.9. The molecule has 1 rings (SSSR count). The average Bonchev–Trinajstić information content (AvgIpc) is 2.35. The highest BCUT2D eigenvalue weighted by Crippen LogP contribution is 2.47. The van der Waals surface area contributed by atoms with E-state index in [4.69, 9.17) is 4.52 Å². The summed E-state index contributed by atoms with van der Waals surface area (Å²) in [5.41, 5.74) is -1.28. The minimum atomic E-state index is -4.59. The molecule has 2 unspecified atom stereocenters. The van der Waals surface area contributed by atoms with Gasteiger partial charge in [0.25, 0.3) is 0 Å². The van der Waals surface area contributed by atoms with E-state index in [2.05, 4.69) is 4.52 Å². The number of hydrogen-bond donors (Lipinski definition) is 2. The largest absolute Gasteiger partial charge is 0.474 e. The van der Waals surface area contributed by atoms with Crippen molar-refractivity contribution in [3.8, 4) is 0 Å². The molecule has 0 saturated carbocycles. The van der Waals surface area contributed by atoms with Gasteiger partial charge in [-0.3, -0.25) is 9.05 Å². The lowest BCUT2D eigenvalue weighted by Crippen LogP contribution is -2.21. The Hall–Kier alpha value is -0.703. The van der Waals surface area contributed by atoms with Gasteiger partial charge in [-0.2, -0.15) is 13.2 Å². The topological polar surface area (TPSA) is 76.0 Å². The van der Waals surface area contributed by atoms with E-state index in [1.807, 2.05) is 19.6 Å². The summed E-state index contributed by atoms with van der Waals surface area (Å²) in [6.07, 6.45) is -6.59. The lowest BCUT2D eigenvalue weighted by Gasteiger charge is -2.20. The summed E-state index contributed by atoms with van der Waals surface area (Å²) in [5, 5.41) is 9.71. The van der Waals surface area contributed by atoms with E-state index in [1.54, 1.807) is 0 Å². The molecular weight excluding hydrogens is 352 g/mol. The standard InChI is InChI=1S/C13H20F3O5PSi/c1-23(2,3)8-7-20-22(18,19)21-12(17)10-5-4-6-11(9-10)13(14,15)16/h4-6,9,12,17H,7-8H2,1-3H3,(H,18,19). The van der Waals surface area contributed by atoms with Crippen molar-refractivity contribution < 1.29 is 36.8 Å². The smallest absolute Gasteiger partial charge is 0.364 e. The molecule has 1 aromatic carbocycles. The monoisotopic (exact) mass is 372 g/mol. The molecular formula is C13H20F3O5PSi. The molecule has 23 heavy (non-hydrogen) atoms. The van der Waals surface area contributed by atoms with Crippen molar-refractivity contribution in [2.75, 3.05) is 6.61 Å². The Bertz CT molecular complexity index is 573. The number of rotatable bonds is 7. The summed E-state index contributed by atoms with van der Waals surface area (Å²) in [6.45, 7) is 6.09. The molecule has 0 radical (unpaired) electrons. The molecule has 0 aliphatic rings. The predicted molar refractivity (Wildman–Crippen MR) is 81.4 cm³/mol. The molecule has 0 fully saturated rings. The molecule has 0 aromatic heterocycles. The van der Waals surface area contributed by atoms with Crippen molar-refractivity contribution in [3.63, 3.8) is 0 Å². The van der Waals surface area contributed by atoms with Crippen LogP contribution in [0.5, 0.6) is 0 Å². The number of halogens is 3. The van der Waals surface area contributed by atoms with Crippen molar-refractivity contribution >= 4 is 15.9 Å². The molecule has 5 nitrogen and oxygen atoms in total. The number of aliphatic hydroxyl groups excluding tert-OH is 1. The number of alkyl halides is 3. The summed E-state index contributed by atoms with van der Waals surface area (Å²) in [7, 11) is -6.05. The van der Waals surface area contributed by atoms with Gasteiger partial charge in [0, 0.05) is 13.6 Å². The van der Waals surface area contributed by atoms with Crippen LogP contribution in [0.25, 0.3) is 0 Å². The van der Waals surface area contributed by atoms with E-state index in [0.29, 0.717) is 12.1 Å². The fourth-order valence-electron chi connectivity index (χ4n) is 1.55. The highest BCUT2D eigenvalue weighted by atomic mass is 31.2. The minimum Gasteiger partial charge on any atom is -0.364 e. The Morgan fingerprint density at radius 1 is 1.30 bits per heavy atom. The quantitative estimate of drug-likeness (QED) is 0.427. The SMILES string of the molecule is C[Si](C)(C)CCOP(=O)(O)OC(O)c1cccc(C(F)(F)F)c1. The molecule has 0 saturated heterocycles. The molecule has 0 bridgehead atoms. The van der Waals surface area contributed by atoms with Crippen LogP contribution in [-0.4, -0.2) is 24.7 Å². The van der Waals surface area contributed by atoms with E-state index in [9.17, 15) is 27.7 Å². The van der Waals surface area contributed by atoms with Gasteiger partial charge in [-0.15, -0.1) is 0 Å². The van der Waals surface area contributed by atoms with Crippen LogP contribution in [0.15, 0.2) is 24.3 Å². The molecule has 0 aliphatic carbocycles. The van der Waals surface area contributed by atoms with Crippen LogP contribution in [-0.2, 0) is 19.8 Å². The van der Waals surface area contributed by atoms with Gasteiger partial charge in [0.15, 0.2) is 6.29 Å². The number of phosphoric ester groups is 1. The Labute approximate surface area is 133 Å². The highest BCUT2D eigenvalue weighted by molar-refractivity contribution is 7.47. The first-order valence-corrected chi connectivity index (χ1v) is 12.0. The first-order valence-electron chi connectivity index (χ1n) is 6.81. The molecule has 2 atom stereocenters. The Morgan fingerprint density at radius 2 is 1.91 bits per heavy atom. The van der Waals surface area contributed by atoms with Crippen molar-refractivity contribution in [1.82, 2.24) is 0 Å². The van der Waals surface area contributed by atoms with E-state index < -0.39 is 33.9 Å². The molecule has 1 aromatic rings. The maximum absolute atomic E-state index is 12.6. The fraction of sp³-hybridized carbons (Fsp3) is 0.538. The molecule has 0 spiro atoms. The number of aliphatic hydroxyl groups is 1. The normalized spacial score (nSPS) is 16.9. The average molecular weight is 372 g/mol. The highest BCUT2D eigenvalue weighted by Gasteiger charge is 2.32. The maximum Gasteiger partial charge on any atom is 0.474 e. The van der Waals surface area contributed by atoms with Gasteiger partial charge < -0.3 is 10.00 Å². The third-order valence-electron chi connectivity index (χ3n) is 2.84. The van der Waals surface area contributed by atoms with E-state index in [1.165, 1.54) is 0 Å². The van der Waals surface area contributed by atoms with Gasteiger partial charge in [-0.1, -0.05) is 31.8 Å². The summed E-state index contributed by atoms with van der Waals surface area (Å²) in [4.78, 5) is 9.52. The van der Waals surface area contributed by atoms with E-state index in [-0.39, 0.29) is 12.2 Å². The maximum atomic E-state index is 12.6. The van der Waals surface area contributed by atoms with Gasteiger partial charge in [0.1, 0.15) is 0 Å². The lowest BCUT2D eigenvalue weighted by molar-refractivity contribution is -0.137. The predicted octanol–water partition coefficient (Wildman–Crippen LogP) is 4.17. The molecule has 0 heterocycles. The van der Waals surface area contributed by atoms with Crippen LogP contribution >= 0.6 is 7.82 Å². The van der Waals surface area contributed by atoms with Gasteiger partial charge in [-0.25, -0.2) is 4.57 Å². The second kappa shape index (κ2) is 7.46. The molecule has 0 amide bonds. The third kappa shape index (κ3) is 7.60. The Balaban J connectivity index is 2.71. The fourth-order valence-corrected chi connectivity index (χ4v) is 3.20. The summed E-state index contributed by atoms with van der Waals surface area (Å²) in [6, 6.07) is 4.29. The van der Waals surface area contributed by atoms with Crippen molar-refractivity contribution in [2.24, 2.45) is 0 Å². The molecule has 132 valence electrons. The number of phosphoric acid groups is 1. The second-order valence-electron chi connectivity index (χ2n) is 6.19. The Morgan fingerprint density at radius 3 is 2.43 bits per heavy atom. The first-order chi connectivity index (χ1) is 10.3. The zero-order valence-electron chi connectivity index (χ0n) is 13.0. The zero-order chi connectivity index (χ0) is 17.9. The number of hydrogen-bond acceptors (Lipinski definition) is 4. The first kappa shape index (κ1) is 20.3. The Kier molecular flexibility index (Phi) is 6.60. The second-order valence-corrected chi connectivity index (χ2v) is 13.2. The molecule has 10 heteroatoms. The van der Waals surface area contributed by atoms with Crippen LogP contribution < -0.4 is 0 Å². The van der Waals surface area contributed by atoms with E-state index >= 15 is 0 Å². The minimum absolute atomic E-state index is 0.0290. The number of benzene rings is 1. The van der Waals surface area contributed by atoms with Crippen LogP contribution in [0.1, 0.15) is 17.4 Å². The van der Waals surface area contributed by atoms with E-state index in [0.717, 1.165) is 18.2 Å². The third-order valence-corrected chi connectivity index (χ3v) is 5.52. The molecule has 0 aliphatic heterocycles. The van der Waals surface area contributed by atoms with Gasteiger partial charge in [0.05, 0.1) is 12.2 Å². The van der Waals surface area contributed by atoms with Crippen LogP contribution in [0.4, 0.5) is 13.2 Å². The lowest BCUT2D eigenvalue weighted by atomic mass is 10.1. The summed E-state index contributed by atoms with van der Waals surface area (Å²) < 4.78 is 58.7. The molecule has 2 N–H and O–H groups in total. The van der Waals surface area contributed by atoms with Crippen molar-refractivity contribution in [3.05, 3.63) is 35.4 Å².